The normalized spacial score (nSPS) is 10.2. The highest BCUT2D eigenvalue weighted by Gasteiger charge is 2.14. The highest BCUT2D eigenvalue weighted by Crippen LogP contribution is 2.09. The van der Waals surface area contributed by atoms with Crippen LogP contribution in [0.1, 0.15) is 35.7 Å². The van der Waals surface area contributed by atoms with Crippen molar-refractivity contribution in [2.24, 2.45) is 5.73 Å². The lowest BCUT2D eigenvalue weighted by Gasteiger charge is -2.21. The van der Waals surface area contributed by atoms with Crippen molar-refractivity contribution in [3.63, 3.8) is 0 Å². The van der Waals surface area contributed by atoms with Crippen molar-refractivity contribution in [2.45, 2.75) is 19.8 Å². The van der Waals surface area contributed by atoms with Gasteiger partial charge in [-0.3, -0.25) is 4.79 Å². The SMILES string of the molecule is CCCCN(CCO)C(=O)c1ccc(C(N)=S)cc1. The summed E-state index contributed by atoms with van der Waals surface area (Å²) in [4.78, 5) is 14.3. The van der Waals surface area contributed by atoms with Gasteiger partial charge in [0.15, 0.2) is 0 Å². The summed E-state index contributed by atoms with van der Waals surface area (Å²) in [5, 5.41) is 9.02. The van der Waals surface area contributed by atoms with Crippen molar-refractivity contribution in [3.05, 3.63) is 35.4 Å². The molecule has 5 heteroatoms. The summed E-state index contributed by atoms with van der Waals surface area (Å²) < 4.78 is 0. The van der Waals surface area contributed by atoms with Gasteiger partial charge >= 0.3 is 0 Å². The van der Waals surface area contributed by atoms with Crippen LogP contribution in [0.4, 0.5) is 0 Å². The average Bonchev–Trinajstić information content (AvgIpc) is 2.42. The standard InChI is InChI=1S/C14H20N2O2S/c1-2-3-8-16(9-10-17)14(18)12-6-4-11(5-7-12)13(15)19/h4-7,17H,2-3,8-10H2,1H3,(H2,15,19). The smallest absolute Gasteiger partial charge is 0.253 e. The third-order valence-corrected chi connectivity index (χ3v) is 3.09. The lowest BCUT2D eigenvalue weighted by Crippen LogP contribution is -2.34. The van der Waals surface area contributed by atoms with E-state index in [1.54, 1.807) is 29.2 Å². The summed E-state index contributed by atoms with van der Waals surface area (Å²) in [6.07, 6.45) is 1.94. The maximum atomic E-state index is 12.3. The monoisotopic (exact) mass is 280 g/mol. The van der Waals surface area contributed by atoms with Crippen LogP contribution in [-0.2, 0) is 0 Å². The minimum atomic E-state index is -0.0722. The van der Waals surface area contributed by atoms with Crippen LogP contribution in [-0.4, -0.2) is 40.6 Å². The molecule has 0 spiro atoms. The van der Waals surface area contributed by atoms with Crippen molar-refractivity contribution < 1.29 is 9.90 Å². The molecule has 0 aromatic heterocycles. The second kappa shape index (κ2) is 7.86. The van der Waals surface area contributed by atoms with Crippen LogP contribution in [0, 0.1) is 0 Å². The Morgan fingerprint density at radius 1 is 1.26 bits per heavy atom. The number of thiocarbonyl (C=S) groups is 1. The molecule has 1 rings (SSSR count). The predicted molar refractivity (Wildman–Crippen MR) is 80.2 cm³/mol. The minimum Gasteiger partial charge on any atom is -0.395 e. The zero-order valence-electron chi connectivity index (χ0n) is 11.1. The van der Waals surface area contributed by atoms with Crippen LogP contribution < -0.4 is 5.73 Å². The maximum absolute atomic E-state index is 12.3. The van der Waals surface area contributed by atoms with Gasteiger partial charge in [-0.1, -0.05) is 37.7 Å². The number of benzene rings is 1. The quantitative estimate of drug-likeness (QED) is 0.744. The summed E-state index contributed by atoms with van der Waals surface area (Å²) in [6, 6.07) is 6.92. The Morgan fingerprint density at radius 3 is 2.32 bits per heavy atom. The Hall–Kier alpha value is -1.46. The maximum Gasteiger partial charge on any atom is 0.253 e. The first kappa shape index (κ1) is 15.6. The number of carbonyl (C=O) groups excluding carboxylic acids is 1. The molecule has 0 bridgehead atoms. The first-order valence-electron chi connectivity index (χ1n) is 6.40. The molecular weight excluding hydrogens is 260 g/mol. The van der Waals surface area contributed by atoms with Crippen LogP contribution in [0.3, 0.4) is 0 Å². The minimum absolute atomic E-state index is 0.0274. The molecule has 1 aromatic rings. The molecule has 0 aliphatic rings. The molecule has 0 saturated carbocycles. The van der Waals surface area contributed by atoms with Gasteiger partial charge < -0.3 is 15.7 Å². The third kappa shape index (κ3) is 4.61. The van der Waals surface area contributed by atoms with E-state index >= 15 is 0 Å². The van der Waals surface area contributed by atoms with Gasteiger partial charge in [-0.2, -0.15) is 0 Å². The largest absolute Gasteiger partial charge is 0.395 e. The highest BCUT2D eigenvalue weighted by molar-refractivity contribution is 7.80. The lowest BCUT2D eigenvalue weighted by molar-refractivity contribution is 0.0719. The molecule has 1 amide bonds. The summed E-state index contributed by atoms with van der Waals surface area (Å²) in [6.45, 7) is 3.06. The van der Waals surface area contributed by atoms with Gasteiger partial charge in [0.05, 0.1) is 6.61 Å². The topological polar surface area (TPSA) is 66.6 Å². The van der Waals surface area contributed by atoms with Crippen LogP contribution in [0.15, 0.2) is 24.3 Å². The molecule has 0 aliphatic heterocycles. The first-order valence-corrected chi connectivity index (χ1v) is 6.81. The molecule has 104 valence electrons. The van der Waals surface area contributed by atoms with E-state index in [0.717, 1.165) is 18.4 Å². The van der Waals surface area contributed by atoms with Gasteiger partial charge in [0.2, 0.25) is 0 Å². The van der Waals surface area contributed by atoms with E-state index in [4.69, 9.17) is 23.1 Å². The molecular formula is C14H20N2O2S. The Bertz CT molecular complexity index is 432. The third-order valence-electron chi connectivity index (χ3n) is 2.86. The fourth-order valence-corrected chi connectivity index (χ4v) is 1.88. The fraction of sp³-hybridized carbons (Fsp3) is 0.429. The van der Waals surface area contributed by atoms with Crippen LogP contribution in [0.25, 0.3) is 0 Å². The van der Waals surface area contributed by atoms with E-state index in [9.17, 15) is 4.79 Å². The molecule has 0 saturated heterocycles. The molecule has 0 radical (unpaired) electrons. The van der Waals surface area contributed by atoms with Crippen molar-refractivity contribution >= 4 is 23.1 Å². The molecule has 0 heterocycles. The number of aliphatic hydroxyl groups is 1. The predicted octanol–water partition coefficient (Wildman–Crippen LogP) is 1.56. The molecule has 19 heavy (non-hydrogen) atoms. The number of nitrogens with zero attached hydrogens (tertiary/aromatic N) is 1. The van der Waals surface area contributed by atoms with Crippen molar-refractivity contribution in [3.8, 4) is 0 Å². The number of amides is 1. The number of unbranched alkanes of at least 4 members (excludes halogenated alkanes) is 1. The van der Waals surface area contributed by atoms with Gasteiger partial charge in [0.1, 0.15) is 4.99 Å². The van der Waals surface area contributed by atoms with E-state index in [1.807, 2.05) is 0 Å². The molecule has 3 N–H and O–H groups in total. The summed E-state index contributed by atoms with van der Waals surface area (Å²) in [7, 11) is 0. The van der Waals surface area contributed by atoms with Gasteiger partial charge in [0, 0.05) is 24.2 Å². The molecule has 0 unspecified atom stereocenters. The lowest BCUT2D eigenvalue weighted by atomic mass is 10.1. The number of hydrogen-bond donors (Lipinski definition) is 2. The van der Waals surface area contributed by atoms with Gasteiger partial charge in [0.25, 0.3) is 5.91 Å². The van der Waals surface area contributed by atoms with Gasteiger partial charge in [-0.05, 0) is 18.6 Å². The second-order valence-corrected chi connectivity index (χ2v) is 4.75. The summed E-state index contributed by atoms with van der Waals surface area (Å²) in [5.41, 5.74) is 6.85. The first-order chi connectivity index (χ1) is 9.10. The Labute approximate surface area is 119 Å². The zero-order chi connectivity index (χ0) is 14.3. The Morgan fingerprint density at radius 2 is 1.84 bits per heavy atom. The highest BCUT2D eigenvalue weighted by atomic mass is 32.1. The van der Waals surface area contributed by atoms with E-state index in [0.29, 0.717) is 23.6 Å². The van der Waals surface area contributed by atoms with Gasteiger partial charge in [-0.15, -0.1) is 0 Å². The molecule has 4 nitrogen and oxygen atoms in total. The molecule has 0 fully saturated rings. The van der Waals surface area contributed by atoms with Crippen LogP contribution >= 0.6 is 12.2 Å². The Balaban J connectivity index is 2.80. The van der Waals surface area contributed by atoms with E-state index in [1.165, 1.54) is 0 Å². The van der Waals surface area contributed by atoms with Crippen molar-refractivity contribution in [1.29, 1.82) is 0 Å². The van der Waals surface area contributed by atoms with Gasteiger partial charge in [-0.25, -0.2) is 0 Å². The molecule has 0 aliphatic carbocycles. The number of hydrogen-bond acceptors (Lipinski definition) is 3. The summed E-state index contributed by atoms with van der Waals surface area (Å²) >= 11 is 4.87. The van der Waals surface area contributed by atoms with E-state index in [-0.39, 0.29) is 12.5 Å². The van der Waals surface area contributed by atoms with Crippen LogP contribution in [0.2, 0.25) is 0 Å². The number of carbonyl (C=O) groups is 1. The molecule has 1 aromatic carbocycles. The fourth-order valence-electron chi connectivity index (χ4n) is 1.74. The number of nitrogens with two attached hydrogens (primary N) is 1. The Kier molecular flexibility index (Phi) is 6.45. The van der Waals surface area contributed by atoms with Crippen molar-refractivity contribution in [1.82, 2.24) is 4.90 Å². The van der Waals surface area contributed by atoms with Crippen molar-refractivity contribution in [2.75, 3.05) is 19.7 Å². The zero-order valence-corrected chi connectivity index (χ0v) is 11.9. The molecule has 0 atom stereocenters. The number of aliphatic hydroxyl groups excluding tert-OH is 1. The average molecular weight is 280 g/mol. The summed E-state index contributed by atoms with van der Waals surface area (Å²) in [5.74, 6) is -0.0722. The second-order valence-electron chi connectivity index (χ2n) is 4.31. The van der Waals surface area contributed by atoms with Crippen LogP contribution in [0.5, 0.6) is 0 Å². The van der Waals surface area contributed by atoms with E-state index in [2.05, 4.69) is 6.92 Å². The van der Waals surface area contributed by atoms with E-state index < -0.39 is 0 Å². The number of rotatable bonds is 7.